The van der Waals surface area contributed by atoms with E-state index in [0.717, 1.165) is 46.0 Å². The lowest BCUT2D eigenvalue weighted by atomic mass is 10.1. The van der Waals surface area contributed by atoms with Crippen molar-refractivity contribution in [2.75, 3.05) is 12.4 Å². The summed E-state index contributed by atoms with van der Waals surface area (Å²) in [5.74, 6) is 1.51. The number of hydrogen-bond donors (Lipinski definition) is 1. The summed E-state index contributed by atoms with van der Waals surface area (Å²) in [5.41, 5.74) is 4.74. The van der Waals surface area contributed by atoms with Crippen molar-refractivity contribution >= 4 is 22.3 Å². The summed E-state index contributed by atoms with van der Waals surface area (Å²) in [6.45, 7) is 7.13. The van der Waals surface area contributed by atoms with Crippen molar-refractivity contribution in [3.63, 3.8) is 0 Å². The van der Waals surface area contributed by atoms with Crippen LogP contribution in [0.2, 0.25) is 0 Å². The van der Waals surface area contributed by atoms with E-state index in [4.69, 9.17) is 14.8 Å². The first kappa shape index (κ1) is 19.7. The van der Waals surface area contributed by atoms with Gasteiger partial charge in [-0.05, 0) is 38.8 Å². The number of methoxy groups -OCH3 is 1. The number of ether oxygens (including phenoxy) is 1. The van der Waals surface area contributed by atoms with Crippen LogP contribution in [0.15, 0.2) is 36.1 Å². The van der Waals surface area contributed by atoms with Crippen LogP contribution in [0.5, 0.6) is 5.88 Å². The first-order chi connectivity index (χ1) is 15.0. The fourth-order valence-corrected chi connectivity index (χ4v) is 4.24. The summed E-state index contributed by atoms with van der Waals surface area (Å²) < 4.78 is 9.44. The minimum Gasteiger partial charge on any atom is -0.479 e. The molecule has 0 aliphatic heterocycles. The molecule has 160 valence electrons. The molecule has 8 nitrogen and oxygen atoms in total. The highest BCUT2D eigenvalue weighted by Crippen LogP contribution is 2.47. The van der Waals surface area contributed by atoms with Gasteiger partial charge in [0.05, 0.1) is 30.5 Å². The molecule has 0 spiro atoms. The molecule has 9 heteroatoms. The minimum atomic E-state index is 0.237. The van der Waals surface area contributed by atoms with Crippen LogP contribution in [0.4, 0.5) is 10.9 Å². The van der Waals surface area contributed by atoms with Crippen molar-refractivity contribution < 1.29 is 4.74 Å². The Morgan fingerprint density at radius 2 is 2.06 bits per heavy atom. The van der Waals surface area contributed by atoms with Crippen LogP contribution < -0.4 is 10.1 Å². The average molecular weight is 436 g/mol. The lowest BCUT2D eigenvalue weighted by molar-refractivity contribution is 0.396. The molecule has 1 N–H and O–H groups in total. The Labute approximate surface area is 185 Å². The standard InChI is InChI=1S/C22H25N7OS/c1-5-29-19(10-18(27-29)22(3)8-9-22)26-21-25-16(12-31-21)15-6-7-17(20(24-15)30-4)28-11-14(2)23-13-28/h6-7,10-13H,5,8-9H2,1-4H3,(H,25,26). The number of nitrogens with one attached hydrogen (secondary N) is 1. The minimum absolute atomic E-state index is 0.237. The molecule has 1 saturated carbocycles. The zero-order chi connectivity index (χ0) is 21.6. The van der Waals surface area contributed by atoms with Gasteiger partial charge in [0.15, 0.2) is 5.13 Å². The second-order valence-electron chi connectivity index (χ2n) is 8.10. The summed E-state index contributed by atoms with van der Waals surface area (Å²) in [6, 6.07) is 6.08. The largest absolute Gasteiger partial charge is 0.479 e. The van der Waals surface area contributed by atoms with Gasteiger partial charge in [0.2, 0.25) is 5.88 Å². The number of aryl methyl sites for hydroxylation is 2. The van der Waals surface area contributed by atoms with Gasteiger partial charge in [-0.15, -0.1) is 11.3 Å². The van der Waals surface area contributed by atoms with Crippen molar-refractivity contribution in [2.24, 2.45) is 0 Å². The molecule has 0 unspecified atom stereocenters. The van der Waals surface area contributed by atoms with E-state index in [1.807, 2.05) is 39.9 Å². The molecule has 0 saturated heterocycles. The van der Waals surface area contributed by atoms with Crippen molar-refractivity contribution in [1.29, 1.82) is 0 Å². The molecular weight excluding hydrogens is 410 g/mol. The SMILES string of the molecule is CCn1nc(C2(C)CC2)cc1Nc1nc(-c2ccc(-n3cnc(C)c3)c(OC)n2)cs1. The third-order valence-electron chi connectivity index (χ3n) is 5.72. The second kappa shape index (κ2) is 7.49. The van der Waals surface area contributed by atoms with Gasteiger partial charge in [0, 0.05) is 29.6 Å². The zero-order valence-electron chi connectivity index (χ0n) is 18.1. The fourth-order valence-electron chi connectivity index (χ4n) is 3.53. The van der Waals surface area contributed by atoms with Crippen LogP contribution >= 0.6 is 11.3 Å². The number of pyridine rings is 1. The summed E-state index contributed by atoms with van der Waals surface area (Å²) in [7, 11) is 1.62. The van der Waals surface area contributed by atoms with E-state index in [1.54, 1.807) is 24.8 Å². The molecule has 0 bridgehead atoms. The molecule has 0 aromatic carbocycles. The Hall–Kier alpha value is -3.20. The number of nitrogens with zero attached hydrogens (tertiary/aromatic N) is 6. The number of imidazole rings is 1. The van der Waals surface area contributed by atoms with E-state index >= 15 is 0 Å². The van der Waals surface area contributed by atoms with E-state index < -0.39 is 0 Å². The molecule has 1 fully saturated rings. The maximum absolute atomic E-state index is 5.53. The molecule has 1 aliphatic carbocycles. The van der Waals surface area contributed by atoms with E-state index in [2.05, 4.69) is 35.2 Å². The summed E-state index contributed by atoms with van der Waals surface area (Å²) in [4.78, 5) is 13.7. The Bertz CT molecular complexity index is 1230. The van der Waals surface area contributed by atoms with Crippen molar-refractivity contribution in [3.8, 4) is 23.0 Å². The van der Waals surface area contributed by atoms with Gasteiger partial charge in [0.25, 0.3) is 0 Å². The molecule has 0 amide bonds. The average Bonchev–Trinajstić information content (AvgIpc) is 3.16. The monoisotopic (exact) mass is 435 g/mol. The molecule has 5 rings (SSSR count). The van der Waals surface area contributed by atoms with Crippen LogP contribution in [0, 0.1) is 6.92 Å². The first-order valence-corrected chi connectivity index (χ1v) is 11.2. The Morgan fingerprint density at radius 1 is 1.23 bits per heavy atom. The van der Waals surface area contributed by atoms with Crippen LogP contribution in [-0.4, -0.2) is 36.4 Å². The highest BCUT2D eigenvalue weighted by molar-refractivity contribution is 7.14. The molecule has 4 heterocycles. The van der Waals surface area contributed by atoms with Crippen LogP contribution in [-0.2, 0) is 12.0 Å². The highest BCUT2D eigenvalue weighted by Gasteiger charge is 2.41. The van der Waals surface area contributed by atoms with Crippen LogP contribution in [0.3, 0.4) is 0 Å². The van der Waals surface area contributed by atoms with Crippen molar-refractivity contribution in [2.45, 2.75) is 45.6 Å². The van der Waals surface area contributed by atoms with Gasteiger partial charge in [-0.2, -0.15) is 5.10 Å². The summed E-state index contributed by atoms with van der Waals surface area (Å²) in [5, 5.41) is 11.0. The van der Waals surface area contributed by atoms with E-state index in [-0.39, 0.29) is 5.41 Å². The van der Waals surface area contributed by atoms with Crippen molar-refractivity contribution in [1.82, 2.24) is 29.3 Å². The quantitative estimate of drug-likeness (QED) is 0.452. The molecular formula is C22H25N7OS. The van der Waals surface area contributed by atoms with Gasteiger partial charge in [0.1, 0.15) is 17.2 Å². The zero-order valence-corrected chi connectivity index (χ0v) is 18.9. The maximum Gasteiger partial charge on any atom is 0.238 e. The third-order valence-corrected chi connectivity index (χ3v) is 6.48. The number of anilines is 2. The van der Waals surface area contributed by atoms with Gasteiger partial charge < -0.3 is 14.6 Å². The smallest absolute Gasteiger partial charge is 0.238 e. The van der Waals surface area contributed by atoms with E-state index in [0.29, 0.717) is 5.88 Å². The molecule has 0 atom stereocenters. The topological polar surface area (TPSA) is 82.7 Å². The maximum atomic E-state index is 5.53. The molecule has 31 heavy (non-hydrogen) atoms. The summed E-state index contributed by atoms with van der Waals surface area (Å²) >= 11 is 1.55. The molecule has 4 aromatic rings. The Balaban J connectivity index is 1.40. The first-order valence-electron chi connectivity index (χ1n) is 10.4. The fraction of sp³-hybridized carbons (Fsp3) is 0.364. The number of thiazole rings is 1. The van der Waals surface area contributed by atoms with E-state index in [9.17, 15) is 0 Å². The predicted molar refractivity (Wildman–Crippen MR) is 122 cm³/mol. The van der Waals surface area contributed by atoms with Gasteiger partial charge >= 0.3 is 0 Å². The highest BCUT2D eigenvalue weighted by atomic mass is 32.1. The van der Waals surface area contributed by atoms with Crippen LogP contribution in [0.1, 0.15) is 38.1 Å². The van der Waals surface area contributed by atoms with Crippen molar-refractivity contribution in [3.05, 3.63) is 47.5 Å². The van der Waals surface area contributed by atoms with E-state index in [1.165, 1.54) is 12.8 Å². The second-order valence-corrected chi connectivity index (χ2v) is 8.96. The number of aromatic nitrogens is 6. The normalized spacial score (nSPS) is 14.6. The lowest BCUT2D eigenvalue weighted by Gasteiger charge is -2.09. The lowest BCUT2D eigenvalue weighted by Crippen LogP contribution is -2.05. The number of hydrogen-bond acceptors (Lipinski definition) is 7. The Kier molecular flexibility index (Phi) is 4.77. The van der Waals surface area contributed by atoms with Gasteiger partial charge in [-0.3, -0.25) is 0 Å². The van der Waals surface area contributed by atoms with Gasteiger partial charge in [-0.25, -0.2) is 19.6 Å². The Morgan fingerprint density at radius 3 is 2.74 bits per heavy atom. The molecule has 1 aliphatic rings. The third kappa shape index (κ3) is 3.69. The van der Waals surface area contributed by atoms with Crippen LogP contribution in [0.25, 0.3) is 17.1 Å². The number of rotatable bonds is 7. The molecule has 4 aromatic heterocycles. The molecule has 0 radical (unpaired) electrons. The van der Waals surface area contributed by atoms with Gasteiger partial charge in [-0.1, -0.05) is 6.92 Å². The summed E-state index contributed by atoms with van der Waals surface area (Å²) in [6.07, 6.45) is 6.11. The predicted octanol–water partition coefficient (Wildman–Crippen LogP) is 4.72.